The van der Waals surface area contributed by atoms with E-state index in [1.165, 1.54) is 88.8 Å². The van der Waals surface area contributed by atoms with Gasteiger partial charge in [0.15, 0.2) is 5.78 Å². The summed E-state index contributed by atoms with van der Waals surface area (Å²) in [5, 5.41) is 8.05. The SMILES string of the molecule is C/C=C1/C(=O)C(C)(CCCCCCCCC(=N)CPCC)CCC2C(C)CC3CC14CCCC324. The summed E-state index contributed by atoms with van der Waals surface area (Å²) in [6.07, 6.45) is 23.3. The second kappa shape index (κ2) is 10.9. The van der Waals surface area contributed by atoms with E-state index in [0.29, 0.717) is 11.2 Å². The minimum atomic E-state index is -0.145. The lowest BCUT2D eigenvalue weighted by atomic mass is 9.39. The summed E-state index contributed by atoms with van der Waals surface area (Å²) in [4.78, 5) is 14.1. The first-order chi connectivity index (χ1) is 16.3. The number of hydrogen-bond donors (Lipinski definition) is 1. The number of Topliss-reactive ketones (excluding diaryl/α,β-unsaturated/α-hetero) is 1. The molecule has 0 amide bonds. The third kappa shape index (κ3) is 4.41. The lowest BCUT2D eigenvalue weighted by Crippen LogP contribution is -2.59. The van der Waals surface area contributed by atoms with Crippen molar-refractivity contribution in [1.82, 2.24) is 0 Å². The Balaban J connectivity index is 1.29. The molecule has 4 aliphatic carbocycles. The Labute approximate surface area is 212 Å². The summed E-state index contributed by atoms with van der Waals surface area (Å²) in [7, 11) is 0.944. The molecule has 1 spiro atoms. The fourth-order valence-electron chi connectivity index (χ4n) is 9.51. The first-order valence-electron chi connectivity index (χ1n) is 14.8. The van der Waals surface area contributed by atoms with Gasteiger partial charge in [-0.2, -0.15) is 0 Å². The molecule has 192 valence electrons. The van der Waals surface area contributed by atoms with Crippen LogP contribution >= 0.6 is 8.58 Å². The van der Waals surface area contributed by atoms with Crippen molar-refractivity contribution < 1.29 is 4.79 Å². The average Bonchev–Trinajstić information content (AvgIpc) is 3.21. The maximum atomic E-state index is 14.1. The van der Waals surface area contributed by atoms with E-state index in [9.17, 15) is 4.79 Å². The van der Waals surface area contributed by atoms with Gasteiger partial charge < -0.3 is 5.41 Å². The van der Waals surface area contributed by atoms with Gasteiger partial charge in [-0.25, -0.2) is 0 Å². The molecule has 3 heteroatoms. The van der Waals surface area contributed by atoms with Gasteiger partial charge in [0.1, 0.15) is 0 Å². The Morgan fingerprint density at radius 3 is 2.59 bits per heavy atom. The molecule has 4 aliphatic rings. The zero-order valence-corrected chi connectivity index (χ0v) is 23.7. The summed E-state index contributed by atoms with van der Waals surface area (Å²) in [5.74, 6) is 3.15. The van der Waals surface area contributed by atoms with E-state index in [4.69, 9.17) is 5.41 Å². The van der Waals surface area contributed by atoms with Crippen molar-refractivity contribution in [3.63, 3.8) is 0 Å². The highest BCUT2D eigenvalue weighted by molar-refractivity contribution is 7.39. The molecule has 0 bridgehead atoms. The largest absolute Gasteiger partial charge is 0.309 e. The van der Waals surface area contributed by atoms with Crippen LogP contribution in [0, 0.1) is 39.4 Å². The predicted molar refractivity (Wildman–Crippen MR) is 149 cm³/mol. The average molecular weight is 486 g/mol. The van der Waals surface area contributed by atoms with E-state index in [0.717, 1.165) is 57.5 Å². The van der Waals surface area contributed by atoms with Crippen LogP contribution in [0.2, 0.25) is 0 Å². The maximum Gasteiger partial charge on any atom is 0.164 e. The van der Waals surface area contributed by atoms with Crippen molar-refractivity contribution >= 4 is 20.1 Å². The summed E-state index contributed by atoms with van der Waals surface area (Å²) in [6, 6.07) is 0. The third-order valence-electron chi connectivity index (χ3n) is 11.1. The van der Waals surface area contributed by atoms with Crippen molar-refractivity contribution in [1.29, 1.82) is 5.41 Å². The molecule has 0 saturated heterocycles. The second-order valence-electron chi connectivity index (χ2n) is 12.8. The molecule has 0 aliphatic heterocycles. The zero-order chi connectivity index (χ0) is 24.4. The number of unbranched alkanes of at least 4 members (excludes halogenated alkanes) is 5. The molecule has 0 aromatic carbocycles. The number of rotatable bonds is 12. The fraction of sp³-hybridized carbons (Fsp3) is 0.871. The van der Waals surface area contributed by atoms with E-state index in [2.05, 4.69) is 33.8 Å². The van der Waals surface area contributed by atoms with Crippen LogP contribution in [0.3, 0.4) is 0 Å². The summed E-state index contributed by atoms with van der Waals surface area (Å²) in [5.41, 5.74) is 2.82. The van der Waals surface area contributed by atoms with E-state index >= 15 is 0 Å². The van der Waals surface area contributed by atoms with Crippen molar-refractivity contribution in [2.45, 2.75) is 124 Å². The first kappa shape index (κ1) is 26.6. The molecular formula is C31H52NOP. The number of carbonyl (C=O) groups is 1. The Bertz CT molecular complexity index is 788. The molecule has 0 heterocycles. The van der Waals surface area contributed by atoms with E-state index in [1.807, 2.05) is 0 Å². The molecule has 4 saturated carbocycles. The number of carbonyl (C=O) groups excluding carboxylic acids is 1. The number of ketones is 1. The summed E-state index contributed by atoms with van der Waals surface area (Å²) >= 11 is 0. The highest BCUT2D eigenvalue weighted by atomic mass is 31.1. The monoisotopic (exact) mass is 485 g/mol. The van der Waals surface area contributed by atoms with Gasteiger partial charge in [-0.1, -0.05) is 65.4 Å². The van der Waals surface area contributed by atoms with Crippen LogP contribution in [0.25, 0.3) is 0 Å². The Hall–Kier alpha value is -0.490. The highest BCUT2D eigenvalue weighted by Crippen LogP contribution is 2.82. The molecule has 1 N–H and O–H groups in total. The molecule has 0 aromatic rings. The van der Waals surface area contributed by atoms with Crippen LogP contribution in [-0.4, -0.2) is 23.8 Å². The van der Waals surface area contributed by atoms with E-state index in [-0.39, 0.29) is 10.8 Å². The summed E-state index contributed by atoms with van der Waals surface area (Å²) in [6.45, 7) is 9.24. The molecular weight excluding hydrogens is 433 g/mol. The van der Waals surface area contributed by atoms with Gasteiger partial charge in [0, 0.05) is 22.7 Å². The Kier molecular flexibility index (Phi) is 8.49. The smallest absolute Gasteiger partial charge is 0.164 e. The van der Waals surface area contributed by atoms with Gasteiger partial charge in [0.25, 0.3) is 0 Å². The maximum absolute atomic E-state index is 14.1. The highest BCUT2D eigenvalue weighted by Gasteiger charge is 2.75. The summed E-state index contributed by atoms with van der Waals surface area (Å²) < 4.78 is 0. The van der Waals surface area contributed by atoms with E-state index < -0.39 is 0 Å². The van der Waals surface area contributed by atoms with Crippen molar-refractivity contribution in [2.75, 3.05) is 12.3 Å². The molecule has 4 fully saturated rings. The Morgan fingerprint density at radius 2 is 1.85 bits per heavy atom. The molecule has 2 nitrogen and oxygen atoms in total. The van der Waals surface area contributed by atoms with Gasteiger partial charge >= 0.3 is 0 Å². The lowest BCUT2D eigenvalue weighted by Gasteiger charge is -2.64. The number of nitrogens with one attached hydrogen (secondary N) is 1. The lowest BCUT2D eigenvalue weighted by molar-refractivity contribution is -0.145. The normalized spacial score (nSPS) is 40.3. The topological polar surface area (TPSA) is 40.9 Å². The molecule has 7 atom stereocenters. The van der Waals surface area contributed by atoms with Gasteiger partial charge in [-0.3, -0.25) is 4.79 Å². The van der Waals surface area contributed by atoms with Gasteiger partial charge in [0.05, 0.1) is 0 Å². The quantitative estimate of drug-likeness (QED) is 0.127. The van der Waals surface area contributed by atoms with Crippen LogP contribution in [0.1, 0.15) is 124 Å². The van der Waals surface area contributed by atoms with Gasteiger partial charge in [0.2, 0.25) is 0 Å². The van der Waals surface area contributed by atoms with Crippen molar-refractivity contribution in [3.8, 4) is 0 Å². The fourth-order valence-corrected chi connectivity index (χ4v) is 10.2. The van der Waals surface area contributed by atoms with Crippen LogP contribution in [-0.2, 0) is 4.79 Å². The van der Waals surface area contributed by atoms with Crippen molar-refractivity contribution in [2.24, 2.45) is 34.0 Å². The molecule has 34 heavy (non-hydrogen) atoms. The van der Waals surface area contributed by atoms with Crippen LogP contribution in [0.4, 0.5) is 0 Å². The molecule has 0 aromatic heterocycles. The molecule has 4 rings (SSSR count). The van der Waals surface area contributed by atoms with Crippen LogP contribution in [0.5, 0.6) is 0 Å². The standard InChI is InChI=1S/C31H52NOP/c1-5-26-28(33)29(4,16-12-10-8-7-9-11-14-25(32)22-34-6-2)19-15-27-23(3)20-24-21-30(26)17-13-18-31(24,27)30/h5,23-24,27,32,34H,6-22H2,1-4H3/b26-5-,32-25?. The zero-order valence-electron chi connectivity index (χ0n) is 22.7. The minimum Gasteiger partial charge on any atom is -0.309 e. The second-order valence-corrected chi connectivity index (χ2v) is 14.4. The predicted octanol–water partition coefficient (Wildman–Crippen LogP) is 8.97. The first-order valence-corrected chi connectivity index (χ1v) is 16.2. The van der Waals surface area contributed by atoms with E-state index in [1.54, 1.807) is 0 Å². The Morgan fingerprint density at radius 1 is 1.12 bits per heavy atom. The van der Waals surface area contributed by atoms with Gasteiger partial charge in [-0.05, 0) is 99.6 Å². The minimum absolute atomic E-state index is 0.145. The number of hydrogen-bond acceptors (Lipinski definition) is 2. The van der Waals surface area contributed by atoms with Crippen LogP contribution in [0.15, 0.2) is 11.6 Å². The molecule has 7 unspecified atom stereocenters. The third-order valence-corrected chi connectivity index (χ3v) is 12.2. The number of allylic oxidation sites excluding steroid dienone is 2. The van der Waals surface area contributed by atoms with Gasteiger partial charge in [-0.15, -0.1) is 8.58 Å². The molecule has 0 radical (unpaired) electrons. The van der Waals surface area contributed by atoms with Crippen LogP contribution < -0.4 is 0 Å². The van der Waals surface area contributed by atoms with Crippen molar-refractivity contribution in [3.05, 3.63) is 11.6 Å².